The van der Waals surface area contributed by atoms with Gasteiger partial charge in [-0.1, -0.05) is 34.1 Å². The van der Waals surface area contributed by atoms with Crippen molar-refractivity contribution in [2.24, 2.45) is 0 Å². The third kappa shape index (κ3) is 5.28. The van der Waals surface area contributed by atoms with Crippen molar-refractivity contribution in [3.8, 4) is 17.6 Å². The Balaban J connectivity index is 1.87. The zero-order chi connectivity index (χ0) is 22.2. The first-order valence-corrected chi connectivity index (χ1v) is 9.96. The Morgan fingerprint density at radius 2 is 2.00 bits per heavy atom. The number of aromatic hydroxyl groups is 1. The van der Waals surface area contributed by atoms with Crippen molar-refractivity contribution in [3.63, 3.8) is 0 Å². The van der Waals surface area contributed by atoms with Gasteiger partial charge < -0.3 is 15.2 Å². The molecule has 12 heteroatoms. The summed E-state index contributed by atoms with van der Waals surface area (Å²) in [5.41, 5.74) is 5.99. The number of hydrogen-bond acceptors (Lipinski definition) is 10. The molecular weight excluding hydrogens is 470 g/mol. The van der Waals surface area contributed by atoms with Gasteiger partial charge in [0.1, 0.15) is 17.3 Å². The molecule has 0 amide bonds. The van der Waals surface area contributed by atoms with Gasteiger partial charge in [-0.15, -0.1) is 0 Å². The Bertz CT molecular complexity index is 1120. The molecule has 0 aliphatic carbocycles. The van der Waals surface area contributed by atoms with Crippen molar-refractivity contribution < 1.29 is 14.8 Å². The van der Waals surface area contributed by atoms with Gasteiger partial charge in [0.15, 0.2) is 11.6 Å². The number of nitriles is 1. The number of para-hydroxylation sites is 1. The number of nitro groups is 1. The Kier molecular flexibility index (Phi) is 7.02. The minimum absolute atomic E-state index is 0.0204. The third-order valence-corrected chi connectivity index (χ3v) is 4.21. The van der Waals surface area contributed by atoms with Crippen LogP contribution in [0.15, 0.2) is 48.7 Å². The average Bonchev–Trinajstić information content (AvgIpc) is 2.78. The second kappa shape index (κ2) is 10.1. The SMILES string of the molecule is N#Cc1cnc(Nc2ccc(OCCBr)c(O)c2[N+](=O)[O-])nc1NNc1ccccc1. The molecular formula is C19H16BrN7O4. The highest BCUT2D eigenvalue weighted by atomic mass is 79.9. The van der Waals surface area contributed by atoms with E-state index in [1.807, 2.05) is 36.4 Å². The zero-order valence-electron chi connectivity index (χ0n) is 15.9. The number of aromatic nitrogens is 2. The van der Waals surface area contributed by atoms with Crippen LogP contribution < -0.4 is 20.9 Å². The predicted octanol–water partition coefficient (Wildman–Crippen LogP) is 3.92. The van der Waals surface area contributed by atoms with E-state index < -0.39 is 16.4 Å². The topological polar surface area (TPSA) is 158 Å². The van der Waals surface area contributed by atoms with Crippen molar-refractivity contribution in [3.05, 3.63) is 64.3 Å². The van der Waals surface area contributed by atoms with E-state index in [2.05, 4.69) is 42.1 Å². The lowest BCUT2D eigenvalue weighted by atomic mass is 10.2. The van der Waals surface area contributed by atoms with Gasteiger partial charge in [0.05, 0.1) is 23.4 Å². The van der Waals surface area contributed by atoms with Crippen molar-refractivity contribution in [2.45, 2.75) is 0 Å². The first-order valence-electron chi connectivity index (χ1n) is 8.84. The predicted molar refractivity (Wildman–Crippen MR) is 118 cm³/mol. The number of phenols is 1. The molecule has 11 nitrogen and oxygen atoms in total. The van der Waals surface area contributed by atoms with E-state index in [1.165, 1.54) is 18.3 Å². The number of halogens is 1. The average molecular weight is 486 g/mol. The highest BCUT2D eigenvalue weighted by Crippen LogP contribution is 2.42. The lowest BCUT2D eigenvalue weighted by molar-refractivity contribution is -0.385. The van der Waals surface area contributed by atoms with Crippen LogP contribution in [0.5, 0.6) is 11.5 Å². The van der Waals surface area contributed by atoms with Gasteiger partial charge in [0.2, 0.25) is 11.7 Å². The van der Waals surface area contributed by atoms with Gasteiger partial charge in [-0.25, -0.2) is 4.98 Å². The van der Waals surface area contributed by atoms with Gasteiger partial charge in [0, 0.05) is 5.33 Å². The van der Waals surface area contributed by atoms with Crippen LogP contribution in [-0.2, 0) is 0 Å². The molecule has 31 heavy (non-hydrogen) atoms. The van der Waals surface area contributed by atoms with E-state index in [1.54, 1.807) is 0 Å². The van der Waals surface area contributed by atoms with Crippen LogP contribution >= 0.6 is 15.9 Å². The number of phenolic OH excluding ortho intramolecular Hbond substituents is 1. The lowest BCUT2D eigenvalue weighted by Crippen LogP contribution is -2.13. The Morgan fingerprint density at radius 1 is 1.23 bits per heavy atom. The van der Waals surface area contributed by atoms with E-state index in [-0.39, 0.29) is 35.4 Å². The summed E-state index contributed by atoms with van der Waals surface area (Å²) in [6.45, 7) is 0.222. The molecule has 158 valence electrons. The molecule has 0 radical (unpaired) electrons. The highest BCUT2D eigenvalue weighted by molar-refractivity contribution is 9.09. The number of nitrogens with zero attached hydrogens (tertiary/aromatic N) is 4. The molecule has 0 saturated heterocycles. The molecule has 0 aliphatic heterocycles. The molecule has 1 aromatic heterocycles. The number of benzene rings is 2. The van der Waals surface area contributed by atoms with E-state index in [0.29, 0.717) is 5.33 Å². The van der Waals surface area contributed by atoms with E-state index in [4.69, 9.17) is 4.74 Å². The summed E-state index contributed by atoms with van der Waals surface area (Å²) in [6.07, 6.45) is 1.27. The summed E-state index contributed by atoms with van der Waals surface area (Å²) in [6, 6.07) is 13.9. The highest BCUT2D eigenvalue weighted by Gasteiger charge is 2.25. The minimum atomic E-state index is -0.738. The molecule has 0 fully saturated rings. The van der Waals surface area contributed by atoms with Crippen molar-refractivity contribution in [1.82, 2.24) is 9.97 Å². The first-order chi connectivity index (χ1) is 15.0. The number of nitrogens with one attached hydrogen (secondary N) is 3. The Morgan fingerprint density at radius 3 is 2.68 bits per heavy atom. The van der Waals surface area contributed by atoms with Crippen molar-refractivity contribution in [1.29, 1.82) is 5.26 Å². The number of anilines is 4. The fourth-order valence-corrected chi connectivity index (χ4v) is 2.67. The molecule has 3 rings (SSSR count). The summed E-state index contributed by atoms with van der Waals surface area (Å²) < 4.78 is 5.29. The van der Waals surface area contributed by atoms with Gasteiger partial charge in [-0.3, -0.25) is 21.0 Å². The first kappa shape index (κ1) is 21.6. The molecule has 0 spiro atoms. The van der Waals surface area contributed by atoms with Gasteiger partial charge in [0.25, 0.3) is 0 Å². The summed E-state index contributed by atoms with van der Waals surface area (Å²) >= 11 is 3.18. The molecule has 0 atom stereocenters. The second-order valence-electron chi connectivity index (χ2n) is 5.91. The van der Waals surface area contributed by atoms with Crippen LogP contribution in [-0.4, -0.2) is 31.9 Å². The number of hydrazine groups is 1. The quantitative estimate of drug-likeness (QED) is 0.198. The normalized spacial score (nSPS) is 10.1. The fraction of sp³-hybridized carbons (Fsp3) is 0.105. The van der Waals surface area contributed by atoms with Gasteiger partial charge >= 0.3 is 5.69 Å². The van der Waals surface area contributed by atoms with Crippen LogP contribution in [0.4, 0.5) is 28.8 Å². The minimum Gasteiger partial charge on any atom is -0.499 e. The monoisotopic (exact) mass is 485 g/mol. The molecule has 0 aliphatic rings. The van der Waals surface area contributed by atoms with Crippen molar-refractivity contribution in [2.75, 3.05) is 28.1 Å². The van der Waals surface area contributed by atoms with Crippen LogP contribution in [0.2, 0.25) is 0 Å². The summed E-state index contributed by atoms with van der Waals surface area (Å²) in [5, 5.41) is 34.3. The number of alkyl halides is 1. The van der Waals surface area contributed by atoms with Crippen LogP contribution in [0.1, 0.15) is 5.56 Å². The maximum absolute atomic E-state index is 11.5. The van der Waals surface area contributed by atoms with Crippen LogP contribution in [0.3, 0.4) is 0 Å². The number of rotatable bonds is 9. The van der Waals surface area contributed by atoms with E-state index in [0.717, 1.165) is 5.69 Å². The fourth-order valence-electron chi connectivity index (χ4n) is 2.50. The molecule has 2 aromatic carbocycles. The largest absolute Gasteiger partial charge is 0.499 e. The third-order valence-electron chi connectivity index (χ3n) is 3.89. The molecule has 3 aromatic rings. The number of nitro benzene ring substituents is 1. The maximum atomic E-state index is 11.5. The number of hydrogen-bond donors (Lipinski definition) is 4. The second-order valence-corrected chi connectivity index (χ2v) is 6.70. The summed E-state index contributed by atoms with van der Waals surface area (Å²) in [7, 11) is 0. The van der Waals surface area contributed by atoms with Crippen LogP contribution in [0.25, 0.3) is 0 Å². The zero-order valence-corrected chi connectivity index (χ0v) is 17.5. The standard InChI is InChI=1S/C19H16BrN7O4/c20-8-9-31-15-7-6-14(16(17(15)28)27(29)30)23-19-22-11-12(10-21)18(24-19)26-25-13-4-2-1-3-5-13/h1-7,11,25,28H,8-9H2,(H2,22,23,24,26). The maximum Gasteiger partial charge on any atom is 0.337 e. The van der Waals surface area contributed by atoms with Crippen LogP contribution in [0, 0.1) is 21.4 Å². The van der Waals surface area contributed by atoms with Gasteiger partial charge in [-0.2, -0.15) is 10.2 Å². The molecule has 0 saturated carbocycles. The Labute approximate surface area is 185 Å². The number of ether oxygens (including phenoxy) is 1. The molecule has 4 N–H and O–H groups in total. The van der Waals surface area contributed by atoms with E-state index in [9.17, 15) is 20.5 Å². The summed E-state index contributed by atoms with van der Waals surface area (Å²) in [4.78, 5) is 19.0. The van der Waals surface area contributed by atoms with E-state index >= 15 is 0 Å². The molecule has 0 bridgehead atoms. The molecule has 0 unspecified atom stereocenters. The lowest BCUT2D eigenvalue weighted by Gasteiger charge is -2.13. The smallest absolute Gasteiger partial charge is 0.337 e. The Hall–Kier alpha value is -4.11. The van der Waals surface area contributed by atoms with Gasteiger partial charge in [-0.05, 0) is 24.3 Å². The molecule has 1 heterocycles. The summed E-state index contributed by atoms with van der Waals surface area (Å²) in [5.74, 6) is -0.499. The van der Waals surface area contributed by atoms with Crippen molar-refractivity contribution >= 4 is 44.8 Å².